The Kier molecular flexibility index (Phi) is 6.70. The van der Waals surface area contributed by atoms with E-state index in [4.69, 9.17) is 4.74 Å². The van der Waals surface area contributed by atoms with Crippen LogP contribution in [-0.4, -0.2) is 56.8 Å². The maximum Gasteiger partial charge on any atom is 0.222 e. The topological polar surface area (TPSA) is 66.9 Å². The second kappa shape index (κ2) is 9.21. The predicted octanol–water partition coefficient (Wildman–Crippen LogP) is 2.30. The van der Waals surface area contributed by atoms with Crippen LogP contribution < -0.4 is 4.74 Å². The third-order valence-corrected chi connectivity index (χ3v) is 6.83. The quantitative estimate of drug-likeness (QED) is 0.713. The number of benzene rings is 2. The van der Waals surface area contributed by atoms with Gasteiger partial charge >= 0.3 is 0 Å². The SMILES string of the molecule is COc1ccccc1CCC(=O)N1CCN(S(=O)(=O)Cc2ccccc2)CC1. The molecule has 7 heteroatoms. The van der Waals surface area contributed by atoms with E-state index < -0.39 is 10.0 Å². The Morgan fingerprint density at radius 1 is 0.964 bits per heavy atom. The molecule has 6 nitrogen and oxygen atoms in total. The molecule has 0 aromatic heterocycles. The van der Waals surface area contributed by atoms with Crippen LogP contribution in [0.3, 0.4) is 0 Å². The molecule has 0 N–H and O–H groups in total. The number of hydrogen-bond donors (Lipinski definition) is 0. The Hall–Kier alpha value is -2.38. The molecule has 1 saturated heterocycles. The lowest BCUT2D eigenvalue weighted by atomic mass is 10.1. The van der Waals surface area contributed by atoms with Crippen LogP contribution in [0.15, 0.2) is 54.6 Å². The average Bonchev–Trinajstić information content (AvgIpc) is 2.72. The van der Waals surface area contributed by atoms with Crippen LogP contribution in [-0.2, 0) is 27.0 Å². The fourth-order valence-corrected chi connectivity index (χ4v) is 4.92. The standard InChI is InChI=1S/C21H26N2O4S/c1-27-20-10-6-5-9-19(20)11-12-21(24)22-13-15-23(16-14-22)28(25,26)17-18-7-3-2-4-8-18/h2-10H,11-17H2,1H3. The number of sulfonamides is 1. The second-order valence-electron chi connectivity index (χ2n) is 6.83. The Morgan fingerprint density at radius 3 is 2.29 bits per heavy atom. The van der Waals surface area contributed by atoms with Crippen molar-refractivity contribution in [3.05, 3.63) is 65.7 Å². The number of nitrogens with zero attached hydrogens (tertiary/aromatic N) is 2. The number of piperazine rings is 1. The molecule has 1 heterocycles. The Balaban J connectivity index is 1.51. The van der Waals surface area contributed by atoms with Gasteiger partial charge in [0, 0.05) is 32.6 Å². The van der Waals surface area contributed by atoms with Gasteiger partial charge in [0.2, 0.25) is 15.9 Å². The van der Waals surface area contributed by atoms with Crippen molar-refractivity contribution < 1.29 is 17.9 Å². The highest BCUT2D eigenvalue weighted by Gasteiger charge is 2.28. The van der Waals surface area contributed by atoms with E-state index in [-0.39, 0.29) is 11.7 Å². The van der Waals surface area contributed by atoms with E-state index in [1.54, 1.807) is 12.0 Å². The van der Waals surface area contributed by atoms with Gasteiger partial charge in [-0.05, 0) is 23.6 Å². The summed E-state index contributed by atoms with van der Waals surface area (Å²) in [4.78, 5) is 14.3. The summed E-state index contributed by atoms with van der Waals surface area (Å²) >= 11 is 0. The smallest absolute Gasteiger partial charge is 0.222 e. The molecular formula is C21H26N2O4S. The fourth-order valence-electron chi connectivity index (χ4n) is 3.40. The van der Waals surface area contributed by atoms with Crippen molar-refractivity contribution in [1.82, 2.24) is 9.21 Å². The molecule has 3 rings (SSSR count). The van der Waals surface area contributed by atoms with Gasteiger partial charge < -0.3 is 9.64 Å². The van der Waals surface area contributed by atoms with Gasteiger partial charge in [-0.1, -0.05) is 48.5 Å². The van der Waals surface area contributed by atoms with Crippen molar-refractivity contribution in [3.8, 4) is 5.75 Å². The van der Waals surface area contributed by atoms with Crippen LogP contribution in [0.25, 0.3) is 0 Å². The van der Waals surface area contributed by atoms with Crippen molar-refractivity contribution in [2.24, 2.45) is 0 Å². The first-order chi connectivity index (χ1) is 13.5. The minimum absolute atomic E-state index is 0.00438. The zero-order valence-electron chi connectivity index (χ0n) is 16.1. The number of amides is 1. The lowest BCUT2D eigenvalue weighted by Gasteiger charge is -2.34. The highest BCUT2D eigenvalue weighted by atomic mass is 32.2. The molecule has 0 unspecified atom stereocenters. The van der Waals surface area contributed by atoms with E-state index in [1.165, 1.54) is 4.31 Å². The second-order valence-corrected chi connectivity index (χ2v) is 8.80. The van der Waals surface area contributed by atoms with Gasteiger partial charge in [0.25, 0.3) is 0 Å². The first kappa shape index (κ1) is 20.4. The molecule has 1 aliphatic heterocycles. The number of carbonyl (C=O) groups excluding carboxylic acids is 1. The summed E-state index contributed by atoms with van der Waals surface area (Å²) in [6.45, 7) is 1.54. The van der Waals surface area contributed by atoms with Crippen molar-refractivity contribution in [3.63, 3.8) is 0 Å². The van der Waals surface area contributed by atoms with Gasteiger partial charge in [0.15, 0.2) is 0 Å². The Morgan fingerprint density at radius 2 is 1.61 bits per heavy atom. The van der Waals surface area contributed by atoms with Crippen LogP contribution in [0.1, 0.15) is 17.5 Å². The first-order valence-corrected chi connectivity index (χ1v) is 11.0. The molecule has 0 spiro atoms. The average molecular weight is 403 g/mol. The number of hydrogen-bond acceptors (Lipinski definition) is 4. The number of ether oxygens (including phenoxy) is 1. The Labute approximate surface area is 166 Å². The van der Waals surface area contributed by atoms with E-state index in [0.29, 0.717) is 39.0 Å². The van der Waals surface area contributed by atoms with E-state index in [1.807, 2.05) is 54.6 Å². The molecule has 0 aliphatic carbocycles. The normalized spacial score (nSPS) is 15.4. The zero-order chi connectivity index (χ0) is 20.0. The van der Waals surface area contributed by atoms with Crippen molar-refractivity contribution >= 4 is 15.9 Å². The van der Waals surface area contributed by atoms with Crippen LogP contribution in [0.4, 0.5) is 0 Å². The summed E-state index contributed by atoms with van der Waals surface area (Å²) in [5, 5.41) is 0. The molecule has 28 heavy (non-hydrogen) atoms. The summed E-state index contributed by atoms with van der Waals surface area (Å²) in [5.74, 6) is 0.827. The maximum absolute atomic E-state index is 12.6. The summed E-state index contributed by atoms with van der Waals surface area (Å²) in [7, 11) is -1.75. The predicted molar refractivity (Wildman–Crippen MR) is 109 cm³/mol. The number of carbonyl (C=O) groups is 1. The zero-order valence-corrected chi connectivity index (χ0v) is 16.9. The highest BCUT2D eigenvalue weighted by Crippen LogP contribution is 2.20. The van der Waals surface area contributed by atoms with Gasteiger partial charge in [0.05, 0.1) is 12.9 Å². The molecule has 150 valence electrons. The van der Waals surface area contributed by atoms with Gasteiger partial charge in [-0.15, -0.1) is 0 Å². The van der Waals surface area contributed by atoms with Gasteiger partial charge in [-0.3, -0.25) is 4.79 Å². The highest BCUT2D eigenvalue weighted by molar-refractivity contribution is 7.88. The van der Waals surface area contributed by atoms with E-state index in [2.05, 4.69) is 0 Å². The van der Waals surface area contributed by atoms with Gasteiger partial charge in [-0.25, -0.2) is 8.42 Å². The molecule has 0 atom stereocenters. The summed E-state index contributed by atoms with van der Waals surface area (Å²) < 4.78 is 32.1. The maximum atomic E-state index is 12.6. The van der Waals surface area contributed by atoms with Crippen LogP contribution >= 0.6 is 0 Å². The molecule has 1 amide bonds. The first-order valence-electron chi connectivity index (χ1n) is 9.41. The molecule has 0 radical (unpaired) electrons. The van der Waals surface area contributed by atoms with Crippen molar-refractivity contribution in [2.45, 2.75) is 18.6 Å². The third kappa shape index (κ3) is 5.11. The Bertz CT molecular complexity index is 892. The van der Waals surface area contributed by atoms with Gasteiger partial charge in [-0.2, -0.15) is 4.31 Å². The van der Waals surface area contributed by atoms with Crippen molar-refractivity contribution in [2.75, 3.05) is 33.3 Å². The minimum Gasteiger partial charge on any atom is -0.496 e. The molecule has 0 saturated carbocycles. The summed E-state index contributed by atoms with van der Waals surface area (Å²) in [5.41, 5.74) is 1.78. The number of rotatable bonds is 7. The van der Waals surface area contributed by atoms with Crippen molar-refractivity contribution in [1.29, 1.82) is 0 Å². The lowest BCUT2D eigenvalue weighted by Crippen LogP contribution is -2.50. The third-order valence-electron chi connectivity index (χ3n) is 4.98. The molecule has 0 bridgehead atoms. The van der Waals surface area contributed by atoms with E-state index >= 15 is 0 Å². The number of aryl methyl sites for hydroxylation is 1. The molecule has 2 aromatic carbocycles. The molecule has 1 fully saturated rings. The number of methoxy groups -OCH3 is 1. The largest absolute Gasteiger partial charge is 0.496 e. The van der Waals surface area contributed by atoms with Crippen LogP contribution in [0.2, 0.25) is 0 Å². The monoisotopic (exact) mass is 402 g/mol. The summed E-state index contributed by atoms with van der Waals surface area (Å²) in [6, 6.07) is 16.8. The molecular weight excluding hydrogens is 376 g/mol. The summed E-state index contributed by atoms with van der Waals surface area (Å²) in [6.07, 6.45) is 0.993. The van der Waals surface area contributed by atoms with E-state index in [0.717, 1.165) is 16.9 Å². The fraction of sp³-hybridized carbons (Fsp3) is 0.381. The van der Waals surface area contributed by atoms with E-state index in [9.17, 15) is 13.2 Å². The molecule has 1 aliphatic rings. The number of para-hydroxylation sites is 1. The minimum atomic E-state index is -3.37. The van der Waals surface area contributed by atoms with Crippen LogP contribution in [0, 0.1) is 0 Å². The lowest BCUT2D eigenvalue weighted by molar-refractivity contribution is -0.132. The molecule has 2 aromatic rings. The van der Waals surface area contributed by atoms with Crippen LogP contribution in [0.5, 0.6) is 5.75 Å². The van der Waals surface area contributed by atoms with Gasteiger partial charge in [0.1, 0.15) is 5.75 Å².